The number of hydrogen-bond donors (Lipinski definition) is 2. The van der Waals surface area contributed by atoms with Crippen LogP contribution >= 0.6 is 27.3 Å². The van der Waals surface area contributed by atoms with E-state index >= 15 is 0 Å². The molecular formula is C19H18BrN3OS. The molecule has 1 aromatic heterocycles. The molecule has 2 aromatic carbocycles. The van der Waals surface area contributed by atoms with Crippen molar-refractivity contribution in [1.29, 1.82) is 0 Å². The van der Waals surface area contributed by atoms with Gasteiger partial charge in [-0.15, -0.1) is 11.3 Å². The number of aryl methyl sites for hydroxylation is 3. The fourth-order valence-electron chi connectivity index (χ4n) is 2.42. The van der Waals surface area contributed by atoms with Gasteiger partial charge in [-0.2, -0.15) is 0 Å². The van der Waals surface area contributed by atoms with Gasteiger partial charge in [-0.1, -0.05) is 24.3 Å². The van der Waals surface area contributed by atoms with Crippen molar-refractivity contribution < 1.29 is 4.79 Å². The predicted molar refractivity (Wildman–Crippen MR) is 109 cm³/mol. The summed E-state index contributed by atoms with van der Waals surface area (Å²) >= 11 is 4.88. The van der Waals surface area contributed by atoms with Crippen molar-refractivity contribution in [2.75, 3.05) is 10.6 Å². The molecule has 2 N–H and O–H groups in total. The molecule has 1 heterocycles. The minimum atomic E-state index is -0.313. The summed E-state index contributed by atoms with van der Waals surface area (Å²) in [6.45, 7) is 6.19. The number of nitrogens with zero attached hydrogens (tertiary/aromatic N) is 1. The van der Waals surface area contributed by atoms with Crippen LogP contribution < -0.4 is 10.6 Å². The SMILES string of the molecule is Cc1ccc(-c2nc(NC(=O)Nc3ccccc3Br)sc2C)cc1C. The van der Waals surface area contributed by atoms with E-state index in [-0.39, 0.29) is 6.03 Å². The molecule has 0 bridgehead atoms. The molecule has 4 nitrogen and oxygen atoms in total. The number of aromatic nitrogens is 1. The van der Waals surface area contributed by atoms with Crippen molar-refractivity contribution in [2.24, 2.45) is 0 Å². The van der Waals surface area contributed by atoms with Crippen LogP contribution in [0.5, 0.6) is 0 Å². The van der Waals surface area contributed by atoms with E-state index in [1.807, 2.05) is 31.2 Å². The summed E-state index contributed by atoms with van der Waals surface area (Å²) in [6.07, 6.45) is 0. The Morgan fingerprint density at radius 3 is 2.52 bits per heavy atom. The third-order valence-corrected chi connectivity index (χ3v) is 5.50. The van der Waals surface area contributed by atoms with Crippen LogP contribution in [0, 0.1) is 20.8 Å². The maximum Gasteiger partial charge on any atom is 0.325 e. The molecule has 25 heavy (non-hydrogen) atoms. The van der Waals surface area contributed by atoms with Gasteiger partial charge >= 0.3 is 6.03 Å². The topological polar surface area (TPSA) is 54.0 Å². The van der Waals surface area contributed by atoms with Crippen LogP contribution in [0.1, 0.15) is 16.0 Å². The summed E-state index contributed by atoms with van der Waals surface area (Å²) in [4.78, 5) is 17.9. The van der Waals surface area contributed by atoms with Gasteiger partial charge in [0.1, 0.15) is 0 Å². The Kier molecular flexibility index (Phi) is 5.20. The number of benzene rings is 2. The van der Waals surface area contributed by atoms with Gasteiger partial charge in [0.25, 0.3) is 0 Å². The number of carbonyl (C=O) groups is 1. The van der Waals surface area contributed by atoms with E-state index in [9.17, 15) is 4.79 Å². The first-order chi connectivity index (χ1) is 11.9. The Labute approximate surface area is 159 Å². The zero-order valence-corrected chi connectivity index (χ0v) is 16.6. The summed E-state index contributed by atoms with van der Waals surface area (Å²) in [5, 5.41) is 6.20. The maximum absolute atomic E-state index is 12.2. The summed E-state index contributed by atoms with van der Waals surface area (Å²) in [5.41, 5.74) is 5.16. The van der Waals surface area contributed by atoms with Gasteiger partial charge in [0.05, 0.1) is 11.4 Å². The number of rotatable bonds is 3. The van der Waals surface area contributed by atoms with Crippen LogP contribution in [0.15, 0.2) is 46.9 Å². The minimum Gasteiger partial charge on any atom is -0.307 e. The number of para-hydroxylation sites is 1. The van der Waals surface area contributed by atoms with Crippen LogP contribution in [0.25, 0.3) is 11.3 Å². The van der Waals surface area contributed by atoms with Crippen molar-refractivity contribution in [3.63, 3.8) is 0 Å². The normalized spacial score (nSPS) is 10.6. The van der Waals surface area contributed by atoms with E-state index in [0.717, 1.165) is 20.6 Å². The maximum atomic E-state index is 12.2. The molecule has 0 fully saturated rings. The van der Waals surface area contributed by atoms with E-state index in [4.69, 9.17) is 0 Å². The molecule has 128 valence electrons. The van der Waals surface area contributed by atoms with Crippen LogP contribution in [-0.4, -0.2) is 11.0 Å². The van der Waals surface area contributed by atoms with E-state index in [0.29, 0.717) is 10.8 Å². The third-order valence-electron chi connectivity index (χ3n) is 3.92. The molecule has 3 rings (SSSR count). The van der Waals surface area contributed by atoms with Gasteiger partial charge < -0.3 is 5.32 Å². The zero-order valence-electron chi connectivity index (χ0n) is 14.2. The third kappa shape index (κ3) is 4.08. The number of urea groups is 1. The van der Waals surface area contributed by atoms with Crippen molar-refractivity contribution in [3.8, 4) is 11.3 Å². The highest BCUT2D eigenvalue weighted by Gasteiger charge is 2.13. The molecule has 0 saturated heterocycles. The second-order valence-corrected chi connectivity index (χ2v) is 7.84. The Bertz CT molecular complexity index is 936. The Morgan fingerprint density at radius 1 is 1.04 bits per heavy atom. The predicted octanol–water partition coefficient (Wildman–Crippen LogP) is 6.14. The quantitative estimate of drug-likeness (QED) is 0.539. The summed E-state index contributed by atoms with van der Waals surface area (Å²) in [6, 6.07) is 13.4. The highest BCUT2D eigenvalue weighted by Crippen LogP contribution is 2.31. The molecule has 6 heteroatoms. The average Bonchev–Trinajstić information content (AvgIpc) is 2.92. The number of nitrogens with one attached hydrogen (secondary N) is 2. The Morgan fingerprint density at radius 2 is 1.80 bits per heavy atom. The summed E-state index contributed by atoms with van der Waals surface area (Å²) < 4.78 is 0.830. The Hall–Kier alpha value is -2.18. The van der Waals surface area contributed by atoms with Crippen molar-refractivity contribution >= 4 is 44.1 Å². The van der Waals surface area contributed by atoms with E-state index in [2.05, 4.69) is 63.6 Å². The average molecular weight is 416 g/mol. The van der Waals surface area contributed by atoms with E-state index in [1.54, 1.807) is 0 Å². The standard InChI is InChI=1S/C19H18BrN3OS/c1-11-8-9-14(10-12(11)2)17-13(3)25-19(22-17)23-18(24)21-16-7-5-4-6-15(16)20/h4-10H,1-3H3,(H2,21,22,23,24). The zero-order chi connectivity index (χ0) is 18.0. The van der Waals surface area contributed by atoms with Crippen LogP contribution in [0.2, 0.25) is 0 Å². The second kappa shape index (κ2) is 7.37. The summed E-state index contributed by atoms with van der Waals surface area (Å²) in [7, 11) is 0. The molecule has 2 amide bonds. The molecule has 0 spiro atoms. The van der Waals surface area contributed by atoms with E-state index < -0.39 is 0 Å². The van der Waals surface area contributed by atoms with Crippen molar-refractivity contribution in [3.05, 3.63) is 62.9 Å². The molecule has 0 radical (unpaired) electrons. The lowest BCUT2D eigenvalue weighted by atomic mass is 10.0. The van der Waals surface area contributed by atoms with Gasteiger partial charge in [-0.3, -0.25) is 5.32 Å². The van der Waals surface area contributed by atoms with E-state index in [1.165, 1.54) is 22.5 Å². The van der Waals surface area contributed by atoms with Crippen molar-refractivity contribution in [2.45, 2.75) is 20.8 Å². The highest BCUT2D eigenvalue weighted by atomic mass is 79.9. The van der Waals surface area contributed by atoms with Gasteiger partial charge in [0.2, 0.25) is 0 Å². The molecule has 0 unspecified atom stereocenters. The van der Waals surface area contributed by atoms with Crippen LogP contribution in [-0.2, 0) is 0 Å². The second-order valence-electron chi connectivity index (χ2n) is 5.78. The molecule has 0 aliphatic heterocycles. The molecule has 0 aliphatic carbocycles. The number of halogens is 1. The van der Waals surface area contributed by atoms with Gasteiger partial charge in [-0.25, -0.2) is 9.78 Å². The first-order valence-electron chi connectivity index (χ1n) is 7.81. The van der Waals surface area contributed by atoms with Crippen molar-refractivity contribution in [1.82, 2.24) is 4.98 Å². The first kappa shape index (κ1) is 17.6. The molecule has 0 aliphatic rings. The first-order valence-corrected chi connectivity index (χ1v) is 9.42. The lowest BCUT2D eigenvalue weighted by Crippen LogP contribution is -2.19. The fourth-order valence-corrected chi connectivity index (χ4v) is 3.63. The number of anilines is 2. The lowest BCUT2D eigenvalue weighted by Gasteiger charge is -2.07. The highest BCUT2D eigenvalue weighted by molar-refractivity contribution is 9.10. The van der Waals surface area contributed by atoms with Gasteiger partial charge in [0.15, 0.2) is 5.13 Å². The smallest absolute Gasteiger partial charge is 0.307 e. The number of hydrogen-bond acceptors (Lipinski definition) is 3. The molecular weight excluding hydrogens is 398 g/mol. The van der Waals surface area contributed by atoms with Gasteiger partial charge in [-0.05, 0) is 66.0 Å². The van der Waals surface area contributed by atoms with Gasteiger partial charge in [0, 0.05) is 14.9 Å². The summed E-state index contributed by atoms with van der Waals surface area (Å²) in [5.74, 6) is 0. The number of carbonyl (C=O) groups excluding carboxylic acids is 1. The van der Waals surface area contributed by atoms with Crippen LogP contribution in [0.4, 0.5) is 15.6 Å². The number of amides is 2. The molecule has 0 saturated carbocycles. The van der Waals surface area contributed by atoms with Crippen LogP contribution in [0.3, 0.4) is 0 Å². The molecule has 0 atom stereocenters. The minimum absolute atomic E-state index is 0.313. The molecule has 3 aromatic rings. The Balaban J connectivity index is 1.77. The number of thiazole rings is 1. The monoisotopic (exact) mass is 415 g/mol. The lowest BCUT2D eigenvalue weighted by molar-refractivity contribution is 0.262. The fraction of sp³-hybridized carbons (Fsp3) is 0.158. The largest absolute Gasteiger partial charge is 0.325 e.